The maximum Gasteiger partial charge on any atom is 0.251 e. The molecule has 3 aliphatic rings. The van der Waals surface area contributed by atoms with Gasteiger partial charge < -0.3 is 36.0 Å². The minimum Gasteiger partial charge on any atom is -0.347 e. The average Bonchev–Trinajstić information content (AvgIpc) is 3.91. The number of carbonyl (C=O) groups is 7. The molecule has 1 saturated heterocycles. The molecule has 14 nitrogen and oxygen atoms in total. The maximum atomic E-state index is 15.7. The summed E-state index contributed by atoms with van der Waals surface area (Å²) in [5.41, 5.74) is 3.92. The smallest absolute Gasteiger partial charge is 0.251 e. The lowest BCUT2D eigenvalue weighted by atomic mass is 9.76. The van der Waals surface area contributed by atoms with Gasteiger partial charge in [-0.2, -0.15) is 0 Å². The lowest BCUT2D eigenvalue weighted by Gasteiger charge is -2.43. The Hall–Kier alpha value is -6.74. The van der Waals surface area contributed by atoms with Gasteiger partial charge in [0.15, 0.2) is 0 Å². The number of Topliss-reactive ketones (excluding diaryl/α,β-unsaturated/α-hetero) is 1. The number of carbonyl (C=O) groups excluding carboxylic acids is 7. The predicted molar refractivity (Wildman–Crippen MR) is 300 cm³/mol. The number of likely N-dealkylation sites (N-methyl/N-ethyl adjacent to an activating group) is 1. The lowest BCUT2D eigenvalue weighted by Crippen LogP contribution is -2.61. The molecule has 1 fully saturated rings. The number of ketones is 1. The molecule has 0 bridgehead atoms. The molecule has 6 amide bonds. The number of amides is 6. The molecule has 0 radical (unpaired) electrons. The molecule has 4 N–H and O–H groups in total. The number of rotatable bonds is 18. The summed E-state index contributed by atoms with van der Waals surface area (Å²) in [5.74, 6) is -3.78. The highest BCUT2D eigenvalue weighted by Gasteiger charge is 2.47. The van der Waals surface area contributed by atoms with Gasteiger partial charge >= 0.3 is 0 Å². The molecule has 0 saturated carbocycles. The van der Waals surface area contributed by atoms with Crippen molar-refractivity contribution in [2.75, 3.05) is 13.6 Å². The number of fused-ring (bicyclic) bond motifs is 2. The standard InChI is InChI=1S/C63H82FN7O7/c1-12-38(2)56(73)68-55(63(8,9)10)61(78)70-36-45-22-14-13-21-44(45)32-53(70)60(77)69(40(4)47-24-17-18-26-50(47)64)35-41-28-30-43(31-29-41)57(74)66-46-33-52(58(75)67-51-27-19-23-42-20-15-16-25-48(42)51)71(37-46)59(76)49(62(5,6)7)34-54(72)39(3)65-11/h13-18,20-22,24-26,28-31,38-40,46,49,51-53,55,65H,12,19,23,27,32-37H2,1-11H3,(H,66,74)(H,67,75)(H,68,73)/t38-,39+,40-,46?,49-,51?,52+,53+,55-/m1/s1. The Morgan fingerprint density at radius 3 is 2.03 bits per heavy atom. The van der Waals surface area contributed by atoms with E-state index < -0.39 is 70.6 Å². The van der Waals surface area contributed by atoms with Crippen LogP contribution in [0.4, 0.5) is 4.39 Å². The minimum atomic E-state index is -1.00. The molecule has 9 atom stereocenters. The van der Waals surface area contributed by atoms with E-state index in [0.29, 0.717) is 17.5 Å². The van der Waals surface area contributed by atoms with Crippen LogP contribution in [0.15, 0.2) is 97.1 Å². The first-order valence-corrected chi connectivity index (χ1v) is 27.9. The van der Waals surface area contributed by atoms with Crippen LogP contribution >= 0.6 is 0 Å². The van der Waals surface area contributed by atoms with Crippen LogP contribution in [0, 0.1) is 28.5 Å². The van der Waals surface area contributed by atoms with Crippen LogP contribution in [-0.2, 0) is 54.7 Å². The highest BCUT2D eigenvalue weighted by Crippen LogP contribution is 2.37. The van der Waals surface area contributed by atoms with Crippen LogP contribution in [0.25, 0.3) is 0 Å². The summed E-state index contributed by atoms with van der Waals surface area (Å²) in [6, 6.07) is 23.8. The third kappa shape index (κ3) is 13.6. The van der Waals surface area contributed by atoms with Crippen LogP contribution in [0.3, 0.4) is 0 Å². The van der Waals surface area contributed by atoms with Gasteiger partial charge in [-0.15, -0.1) is 0 Å². The zero-order chi connectivity index (χ0) is 56.8. The van der Waals surface area contributed by atoms with Crippen molar-refractivity contribution in [2.24, 2.45) is 22.7 Å². The first kappa shape index (κ1) is 58.9. The Morgan fingerprint density at radius 1 is 0.744 bits per heavy atom. The molecule has 2 unspecified atom stereocenters. The average molecular weight is 1070 g/mol. The minimum absolute atomic E-state index is 0.00361. The summed E-state index contributed by atoms with van der Waals surface area (Å²) >= 11 is 0. The first-order valence-electron chi connectivity index (χ1n) is 27.9. The zero-order valence-corrected chi connectivity index (χ0v) is 47.6. The number of aryl methyl sites for hydroxylation is 1. The summed E-state index contributed by atoms with van der Waals surface area (Å²) in [7, 11) is 1.70. The fraction of sp³-hybridized carbons (Fsp3) is 0.508. The van der Waals surface area contributed by atoms with E-state index in [-0.39, 0.29) is 85.8 Å². The molecule has 1 aliphatic carbocycles. The van der Waals surface area contributed by atoms with Gasteiger partial charge in [0, 0.05) is 61.5 Å². The molecule has 2 aliphatic heterocycles. The van der Waals surface area contributed by atoms with Crippen molar-refractivity contribution in [2.45, 2.75) is 170 Å². The van der Waals surface area contributed by atoms with E-state index in [1.165, 1.54) is 11.6 Å². The van der Waals surface area contributed by atoms with Gasteiger partial charge in [0.25, 0.3) is 5.91 Å². The second-order valence-corrected chi connectivity index (χ2v) is 24.1. The van der Waals surface area contributed by atoms with Crippen molar-refractivity contribution < 1.29 is 38.0 Å². The topological polar surface area (TPSA) is 177 Å². The molecule has 0 spiro atoms. The van der Waals surface area contributed by atoms with Crippen LogP contribution in [0.1, 0.15) is 157 Å². The molecule has 418 valence electrons. The Kier molecular flexibility index (Phi) is 18.8. The summed E-state index contributed by atoms with van der Waals surface area (Å²) in [6.07, 6.45) is 3.49. The molecule has 0 aromatic heterocycles. The molecule has 2 heterocycles. The van der Waals surface area contributed by atoms with E-state index in [0.717, 1.165) is 36.0 Å². The number of likely N-dealkylation sites (tertiary alicyclic amines) is 1. The molecule has 4 aromatic carbocycles. The van der Waals surface area contributed by atoms with Gasteiger partial charge in [0.05, 0.1) is 18.1 Å². The van der Waals surface area contributed by atoms with E-state index in [1.54, 1.807) is 78.1 Å². The van der Waals surface area contributed by atoms with E-state index in [9.17, 15) is 28.8 Å². The SMILES string of the molecule is CC[C@@H](C)C(=O)N[C@H](C(=O)N1Cc2ccccc2C[C@H]1C(=O)N(Cc1ccc(C(=O)NC2C[C@@H](C(=O)NC3CCCc4ccccc43)N(C(=O)[C@@H](CC(=O)[C@H](C)NC)C(C)(C)C)C2)cc1)[C@H](C)c1ccccc1F)C(C)(C)C. The number of nitrogens with one attached hydrogen (secondary N) is 4. The summed E-state index contributed by atoms with van der Waals surface area (Å²) < 4.78 is 15.7. The number of hydrogen-bond acceptors (Lipinski definition) is 8. The second-order valence-electron chi connectivity index (χ2n) is 24.1. The fourth-order valence-corrected chi connectivity index (χ4v) is 11.2. The van der Waals surface area contributed by atoms with Gasteiger partial charge in [0.1, 0.15) is 29.7 Å². The van der Waals surface area contributed by atoms with Gasteiger partial charge in [-0.3, -0.25) is 33.6 Å². The Labute approximate surface area is 461 Å². The van der Waals surface area contributed by atoms with Crippen LogP contribution < -0.4 is 21.3 Å². The zero-order valence-electron chi connectivity index (χ0n) is 47.6. The molecule has 15 heteroatoms. The Bertz CT molecular complexity index is 2840. The normalized spacial score (nSPS) is 20.2. The van der Waals surface area contributed by atoms with E-state index in [2.05, 4.69) is 27.3 Å². The van der Waals surface area contributed by atoms with Gasteiger partial charge in [-0.05, 0) is 110 Å². The Balaban J connectivity index is 1.15. The summed E-state index contributed by atoms with van der Waals surface area (Å²) in [6.45, 7) is 18.8. The van der Waals surface area contributed by atoms with Crippen LogP contribution in [0.5, 0.6) is 0 Å². The maximum absolute atomic E-state index is 15.7. The van der Waals surface area contributed by atoms with Gasteiger partial charge in [0.2, 0.25) is 29.5 Å². The molecular weight excluding hydrogens is 986 g/mol. The summed E-state index contributed by atoms with van der Waals surface area (Å²) in [5, 5.41) is 12.4. The van der Waals surface area contributed by atoms with Crippen molar-refractivity contribution in [3.63, 3.8) is 0 Å². The highest BCUT2D eigenvalue weighted by atomic mass is 19.1. The van der Waals surface area contributed by atoms with Crippen molar-refractivity contribution in [1.29, 1.82) is 0 Å². The van der Waals surface area contributed by atoms with Crippen molar-refractivity contribution >= 4 is 41.2 Å². The van der Waals surface area contributed by atoms with E-state index in [1.807, 2.05) is 97.9 Å². The van der Waals surface area contributed by atoms with Crippen molar-refractivity contribution in [3.05, 3.63) is 142 Å². The Morgan fingerprint density at radius 2 is 1.38 bits per heavy atom. The van der Waals surface area contributed by atoms with E-state index in [4.69, 9.17) is 0 Å². The second kappa shape index (κ2) is 24.9. The van der Waals surface area contributed by atoms with Crippen LogP contribution in [0.2, 0.25) is 0 Å². The third-order valence-electron chi connectivity index (χ3n) is 16.5. The monoisotopic (exact) mass is 1070 g/mol. The van der Waals surface area contributed by atoms with Gasteiger partial charge in [-0.1, -0.05) is 134 Å². The third-order valence-corrected chi connectivity index (χ3v) is 16.5. The first-order chi connectivity index (χ1) is 36.9. The number of benzene rings is 4. The fourth-order valence-electron chi connectivity index (χ4n) is 11.2. The quantitative estimate of drug-likeness (QED) is 0.0766. The number of hydrogen-bond donors (Lipinski definition) is 4. The largest absolute Gasteiger partial charge is 0.347 e. The predicted octanol–water partition coefficient (Wildman–Crippen LogP) is 8.57. The van der Waals surface area contributed by atoms with Crippen LogP contribution in [-0.4, -0.2) is 99.7 Å². The molecule has 4 aromatic rings. The molecule has 7 rings (SSSR count). The van der Waals surface area contributed by atoms with Crippen molar-refractivity contribution in [1.82, 2.24) is 36.0 Å². The molecule has 78 heavy (non-hydrogen) atoms. The number of nitrogens with zero attached hydrogens (tertiary/aromatic N) is 3. The number of halogens is 1. The summed E-state index contributed by atoms with van der Waals surface area (Å²) in [4.78, 5) is 105. The molecular formula is C63H82FN7O7. The van der Waals surface area contributed by atoms with Crippen molar-refractivity contribution in [3.8, 4) is 0 Å². The van der Waals surface area contributed by atoms with E-state index >= 15 is 9.18 Å². The lowest BCUT2D eigenvalue weighted by molar-refractivity contribution is -0.152. The highest BCUT2D eigenvalue weighted by molar-refractivity contribution is 5.96. The van der Waals surface area contributed by atoms with Gasteiger partial charge in [-0.25, -0.2) is 4.39 Å².